The van der Waals surface area contributed by atoms with Gasteiger partial charge in [0.05, 0.1) is 0 Å². The second-order valence-corrected chi connectivity index (χ2v) is 9.01. The van der Waals surface area contributed by atoms with Crippen molar-refractivity contribution in [2.75, 3.05) is 33.7 Å². The summed E-state index contributed by atoms with van der Waals surface area (Å²) in [5.41, 5.74) is 0. The third kappa shape index (κ3) is 10.2. The van der Waals surface area contributed by atoms with Crippen molar-refractivity contribution < 1.29 is 0 Å². The average molecular weight is 279 g/mol. The van der Waals surface area contributed by atoms with Crippen molar-refractivity contribution in [3.05, 3.63) is 0 Å². The van der Waals surface area contributed by atoms with Crippen LogP contribution in [0.3, 0.4) is 0 Å². The van der Waals surface area contributed by atoms with E-state index < -0.39 is 0 Å². The summed E-state index contributed by atoms with van der Waals surface area (Å²) in [4.78, 5) is 4.72. The van der Waals surface area contributed by atoms with E-state index in [0.29, 0.717) is 6.04 Å². The summed E-state index contributed by atoms with van der Waals surface area (Å²) >= 11 is 9.15. The number of hydrogen-bond donors (Lipinski definition) is 2. The zero-order chi connectivity index (χ0) is 13.9. The van der Waals surface area contributed by atoms with Gasteiger partial charge in [-0.25, -0.2) is 0 Å². The molecule has 0 fully saturated rings. The van der Waals surface area contributed by atoms with Gasteiger partial charge in [0.15, 0.2) is 0 Å². The van der Waals surface area contributed by atoms with Crippen molar-refractivity contribution in [2.45, 2.75) is 50.2 Å². The monoisotopic (exact) mass is 278 g/mol. The lowest BCUT2D eigenvalue weighted by atomic mass is 10.1. The van der Waals surface area contributed by atoms with E-state index in [4.69, 9.17) is 0 Å². The van der Waals surface area contributed by atoms with Gasteiger partial charge in [0.1, 0.15) is 0 Å². The molecule has 0 heterocycles. The molecule has 0 aliphatic carbocycles. The number of thiol groups is 2. The fraction of sp³-hybridized carbons (Fsp3) is 1.00. The molecule has 0 bridgehead atoms. The zero-order valence-corrected chi connectivity index (χ0v) is 14.3. The second kappa shape index (κ2) is 6.69. The first-order chi connectivity index (χ1) is 7.41. The predicted octanol–water partition coefficient (Wildman–Crippen LogP) is 2.66. The summed E-state index contributed by atoms with van der Waals surface area (Å²) in [5, 5.41) is 0. The van der Waals surface area contributed by atoms with Crippen LogP contribution in [0.15, 0.2) is 0 Å². The van der Waals surface area contributed by atoms with Crippen LogP contribution in [0.25, 0.3) is 0 Å². The maximum absolute atomic E-state index is 4.58. The van der Waals surface area contributed by atoms with E-state index in [9.17, 15) is 0 Å². The number of nitrogens with zero attached hydrogens (tertiary/aromatic N) is 2. The van der Waals surface area contributed by atoms with Crippen LogP contribution in [-0.2, 0) is 0 Å². The molecule has 1 atom stereocenters. The lowest BCUT2D eigenvalue weighted by molar-refractivity contribution is 0.179. The topological polar surface area (TPSA) is 6.48 Å². The Morgan fingerprint density at radius 3 is 1.71 bits per heavy atom. The van der Waals surface area contributed by atoms with Gasteiger partial charge >= 0.3 is 0 Å². The molecular weight excluding hydrogens is 248 g/mol. The molecule has 0 aromatic rings. The van der Waals surface area contributed by atoms with E-state index >= 15 is 0 Å². The predicted molar refractivity (Wildman–Crippen MR) is 85.7 cm³/mol. The molecule has 0 aliphatic rings. The summed E-state index contributed by atoms with van der Waals surface area (Å²) in [5.74, 6) is 0. The Bertz CT molecular complexity index is 218. The van der Waals surface area contributed by atoms with Crippen LogP contribution >= 0.6 is 25.3 Å². The molecule has 0 saturated heterocycles. The average Bonchev–Trinajstić information content (AvgIpc) is 1.95. The van der Waals surface area contributed by atoms with Crippen molar-refractivity contribution in [3.63, 3.8) is 0 Å². The fourth-order valence-electron chi connectivity index (χ4n) is 2.08. The minimum Gasteiger partial charge on any atom is -0.303 e. The van der Waals surface area contributed by atoms with Crippen molar-refractivity contribution >= 4 is 25.3 Å². The van der Waals surface area contributed by atoms with Crippen molar-refractivity contribution in [2.24, 2.45) is 0 Å². The summed E-state index contributed by atoms with van der Waals surface area (Å²) in [6.45, 7) is 13.9. The Morgan fingerprint density at radius 2 is 1.35 bits per heavy atom. The van der Waals surface area contributed by atoms with Crippen LogP contribution in [0.2, 0.25) is 0 Å². The highest BCUT2D eigenvalue weighted by atomic mass is 32.1. The SMILES string of the molecule is CC(CN(C)CC(C)(C)S)N(C)CC(C)(C)S. The molecule has 1 unspecified atom stereocenters. The zero-order valence-electron chi connectivity index (χ0n) is 12.5. The first-order valence-electron chi connectivity index (χ1n) is 6.24. The Morgan fingerprint density at radius 1 is 0.941 bits per heavy atom. The fourth-order valence-corrected chi connectivity index (χ4v) is 2.55. The standard InChI is InChI=1S/C13H30N2S2/c1-11(15(7)10-13(4,5)17)8-14(6)9-12(2,3)16/h11,16-17H,8-10H2,1-7H3. The van der Waals surface area contributed by atoms with Gasteiger partial charge in [-0.15, -0.1) is 0 Å². The molecule has 0 N–H and O–H groups in total. The van der Waals surface area contributed by atoms with Crippen molar-refractivity contribution in [3.8, 4) is 0 Å². The molecule has 17 heavy (non-hydrogen) atoms. The maximum atomic E-state index is 4.58. The maximum Gasteiger partial charge on any atom is 0.0200 e. The summed E-state index contributed by atoms with van der Waals surface area (Å²) < 4.78 is 0.125. The Labute approximate surface area is 119 Å². The van der Waals surface area contributed by atoms with Gasteiger partial charge in [0.2, 0.25) is 0 Å². The molecular formula is C13H30N2S2. The molecule has 0 rings (SSSR count). The van der Waals surface area contributed by atoms with Crippen LogP contribution in [0.4, 0.5) is 0 Å². The van der Waals surface area contributed by atoms with Crippen LogP contribution in [0, 0.1) is 0 Å². The van der Waals surface area contributed by atoms with Gasteiger partial charge in [0.25, 0.3) is 0 Å². The molecule has 0 aliphatic heterocycles. The minimum absolute atomic E-state index is 0.0599. The van der Waals surface area contributed by atoms with Gasteiger partial charge in [-0.05, 0) is 48.7 Å². The smallest absolute Gasteiger partial charge is 0.0200 e. The lowest BCUT2D eigenvalue weighted by Gasteiger charge is -2.34. The molecule has 0 spiro atoms. The highest BCUT2D eigenvalue weighted by molar-refractivity contribution is 7.82. The van der Waals surface area contributed by atoms with Gasteiger partial charge in [-0.1, -0.05) is 0 Å². The normalized spacial score (nSPS) is 15.7. The highest BCUT2D eigenvalue weighted by Crippen LogP contribution is 2.16. The third-order valence-corrected chi connectivity index (χ3v) is 2.90. The third-order valence-electron chi connectivity index (χ3n) is 2.62. The Hall–Kier alpha value is 0.620. The van der Waals surface area contributed by atoms with Crippen LogP contribution in [0.1, 0.15) is 34.6 Å². The Balaban J connectivity index is 4.12. The van der Waals surface area contributed by atoms with Crippen LogP contribution in [0.5, 0.6) is 0 Å². The summed E-state index contributed by atoms with van der Waals surface area (Å²) in [6, 6.07) is 0.530. The molecule has 0 saturated carbocycles. The number of rotatable bonds is 7. The molecule has 104 valence electrons. The molecule has 4 heteroatoms. The first kappa shape index (κ1) is 17.6. The summed E-state index contributed by atoms with van der Waals surface area (Å²) in [6.07, 6.45) is 0. The van der Waals surface area contributed by atoms with Gasteiger partial charge in [0, 0.05) is 35.2 Å². The van der Waals surface area contributed by atoms with Gasteiger partial charge < -0.3 is 9.80 Å². The quantitative estimate of drug-likeness (QED) is 0.691. The van der Waals surface area contributed by atoms with E-state index in [1.807, 2.05) is 0 Å². The largest absolute Gasteiger partial charge is 0.303 e. The van der Waals surface area contributed by atoms with E-state index in [2.05, 4.69) is 83.8 Å². The number of likely N-dealkylation sites (N-methyl/N-ethyl adjacent to an activating group) is 2. The molecule has 2 nitrogen and oxygen atoms in total. The van der Waals surface area contributed by atoms with E-state index in [1.165, 1.54) is 0 Å². The molecule has 0 amide bonds. The minimum atomic E-state index is 0.0599. The highest BCUT2D eigenvalue weighted by Gasteiger charge is 2.21. The Kier molecular flexibility index (Phi) is 6.93. The second-order valence-electron chi connectivity index (χ2n) is 6.59. The first-order valence-corrected chi connectivity index (χ1v) is 7.14. The van der Waals surface area contributed by atoms with E-state index in [1.54, 1.807) is 0 Å². The summed E-state index contributed by atoms with van der Waals surface area (Å²) in [7, 11) is 4.33. The lowest BCUT2D eigenvalue weighted by Crippen LogP contribution is -2.45. The van der Waals surface area contributed by atoms with Crippen molar-refractivity contribution in [1.29, 1.82) is 0 Å². The van der Waals surface area contributed by atoms with Gasteiger partial charge in [-0.3, -0.25) is 0 Å². The number of hydrogen-bond acceptors (Lipinski definition) is 4. The van der Waals surface area contributed by atoms with E-state index in [0.717, 1.165) is 19.6 Å². The molecule has 0 aromatic heterocycles. The van der Waals surface area contributed by atoms with Crippen LogP contribution in [-0.4, -0.2) is 59.1 Å². The molecule has 0 aromatic carbocycles. The molecule has 0 radical (unpaired) electrons. The van der Waals surface area contributed by atoms with Crippen LogP contribution < -0.4 is 0 Å². The van der Waals surface area contributed by atoms with Crippen molar-refractivity contribution in [1.82, 2.24) is 9.80 Å². The van der Waals surface area contributed by atoms with E-state index in [-0.39, 0.29) is 9.49 Å². The van der Waals surface area contributed by atoms with Gasteiger partial charge in [-0.2, -0.15) is 25.3 Å².